The zero-order valence-electron chi connectivity index (χ0n) is 23.9. The van der Waals surface area contributed by atoms with E-state index in [1.165, 1.54) is 12.1 Å². The third-order valence-electron chi connectivity index (χ3n) is 7.79. The van der Waals surface area contributed by atoms with Gasteiger partial charge in [0.25, 0.3) is 5.91 Å². The zero-order chi connectivity index (χ0) is 31.7. The second-order valence-electron chi connectivity index (χ2n) is 11.1. The SMILES string of the molecule is CSCC(C)(C)C1(C(=O)Nc2ccc(CN3N=NC(c4cccc(C(F)(F)F)c4)C3=O)cc2C)C(I)=CC=CC1C(N)=O. The van der Waals surface area contributed by atoms with Crippen molar-refractivity contribution < 1.29 is 27.6 Å². The van der Waals surface area contributed by atoms with Gasteiger partial charge in [0.1, 0.15) is 5.41 Å². The number of nitrogens with two attached hydrogens (primary N) is 1. The number of thioether (sulfide) groups is 1. The summed E-state index contributed by atoms with van der Waals surface area (Å²) in [5.74, 6) is -1.76. The van der Waals surface area contributed by atoms with Crippen molar-refractivity contribution in [2.24, 2.45) is 32.8 Å². The number of halogens is 4. The fraction of sp³-hybridized carbons (Fsp3) is 0.367. The van der Waals surface area contributed by atoms with Gasteiger partial charge in [0, 0.05) is 9.27 Å². The van der Waals surface area contributed by atoms with E-state index in [4.69, 9.17) is 5.73 Å². The van der Waals surface area contributed by atoms with Crippen LogP contribution in [0.25, 0.3) is 0 Å². The fourth-order valence-electron chi connectivity index (χ4n) is 5.67. The number of rotatable bonds is 9. The van der Waals surface area contributed by atoms with Crippen LogP contribution in [-0.2, 0) is 27.1 Å². The van der Waals surface area contributed by atoms with Gasteiger partial charge in [-0.25, -0.2) is 5.01 Å². The number of hydrogen-bond acceptors (Lipinski definition) is 6. The van der Waals surface area contributed by atoms with Gasteiger partial charge in [-0.1, -0.05) is 61.6 Å². The highest BCUT2D eigenvalue weighted by Crippen LogP contribution is 2.56. The Balaban J connectivity index is 1.55. The summed E-state index contributed by atoms with van der Waals surface area (Å²) in [6.45, 7) is 5.74. The number of aryl methyl sites for hydroxylation is 1. The fourth-order valence-corrected chi connectivity index (χ4v) is 8.14. The van der Waals surface area contributed by atoms with Crippen molar-refractivity contribution in [1.82, 2.24) is 5.01 Å². The Hall–Kier alpha value is -3.20. The number of carbonyl (C=O) groups is 3. The smallest absolute Gasteiger partial charge is 0.369 e. The van der Waals surface area contributed by atoms with Crippen LogP contribution >= 0.6 is 34.4 Å². The monoisotopic (exact) mass is 725 g/mol. The Kier molecular flexibility index (Phi) is 9.45. The summed E-state index contributed by atoms with van der Waals surface area (Å²) < 4.78 is 40.2. The van der Waals surface area contributed by atoms with Crippen LogP contribution in [0.4, 0.5) is 18.9 Å². The van der Waals surface area contributed by atoms with E-state index in [0.717, 1.165) is 17.1 Å². The predicted molar refractivity (Wildman–Crippen MR) is 168 cm³/mol. The molecular weight excluding hydrogens is 694 g/mol. The van der Waals surface area contributed by atoms with Gasteiger partial charge in [-0.3, -0.25) is 14.4 Å². The highest BCUT2D eigenvalue weighted by Gasteiger charge is 2.59. The Morgan fingerprint density at radius 1 is 1.19 bits per heavy atom. The molecule has 1 heterocycles. The van der Waals surface area contributed by atoms with E-state index in [0.29, 0.717) is 26.1 Å². The maximum Gasteiger partial charge on any atom is 0.416 e. The summed E-state index contributed by atoms with van der Waals surface area (Å²) in [4.78, 5) is 39.8. The summed E-state index contributed by atoms with van der Waals surface area (Å²) in [5.41, 5.74) is 5.07. The van der Waals surface area contributed by atoms with Crippen molar-refractivity contribution in [3.63, 3.8) is 0 Å². The first-order valence-corrected chi connectivity index (χ1v) is 15.7. The van der Waals surface area contributed by atoms with E-state index in [9.17, 15) is 27.6 Å². The molecule has 3 unspecified atom stereocenters. The molecule has 0 spiro atoms. The van der Waals surface area contributed by atoms with Crippen LogP contribution in [-0.4, -0.2) is 34.7 Å². The third-order valence-corrected chi connectivity index (χ3v) is 10.0. The first-order chi connectivity index (χ1) is 20.1. The minimum Gasteiger partial charge on any atom is -0.369 e. The molecule has 3 N–H and O–H groups in total. The quantitative estimate of drug-likeness (QED) is 0.278. The van der Waals surface area contributed by atoms with Gasteiger partial charge >= 0.3 is 6.18 Å². The second-order valence-corrected chi connectivity index (χ2v) is 13.2. The number of hydrogen-bond donors (Lipinski definition) is 2. The van der Waals surface area contributed by atoms with Crippen LogP contribution < -0.4 is 11.1 Å². The lowest BCUT2D eigenvalue weighted by atomic mass is 9.57. The van der Waals surface area contributed by atoms with Gasteiger partial charge in [-0.05, 0) is 81.8 Å². The molecular formula is C30H31F3IN5O3S. The Bertz CT molecular complexity index is 1540. The van der Waals surface area contributed by atoms with E-state index in [1.807, 2.05) is 26.2 Å². The number of carbonyl (C=O) groups excluding carboxylic acids is 3. The highest BCUT2D eigenvalue weighted by molar-refractivity contribution is 14.1. The number of benzene rings is 2. The molecule has 1 aliphatic heterocycles. The van der Waals surface area contributed by atoms with Crippen LogP contribution in [0.2, 0.25) is 0 Å². The molecule has 0 saturated carbocycles. The molecule has 0 aromatic heterocycles. The van der Waals surface area contributed by atoms with Crippen LogP contribution in [0.3, 0.4) is 0 Å². The van der Waals surface area contributed by atoms with Crippen molar-refractivity contribution in [1.29, 1.82) is 0 Å². The number of amides is 3. The number of nitrogens with one attached hydrogen (secondary N) is 1. The molecule has 0 radical (unpaired) electrons. The van der Waals surface area contributed by atoms with Gasteiger partial charge in [0.05, 0.1) is 18.0 Å². The molecule has 2 aliphatic rings. The van der Waals surface area contributed by atoms with Crippen LogP contribution in [0.1, 0.15) is 42.1 Å². The maximum atomic E-state index is 14.2. The predicted octanol–water partition coefficient (Wildman–Crippen LogP) is 6.77. The molecule has 8 nitrogen and oxygen atoms in total. The van der Waals surface area contributed by atoms with E-state index in [1.54, 1.807) is 49.0 Å². The molecule has 2 aromatic carbocycles. The van der Waals surface area contributed by atoms with E-state index in [2.05, 4.69) is 38.2 Å². The zero-order valence-corrected chi connectivity index (χ0v) is 26.9. The van der Waals surface area contributed by atoms with Crippen molar-refractivity contribution in [2.45, 2.75) is 39.5 Å². The number of allylic oxidation sites excluding steroid dienone is 2. The number of primary amides is 1. The maximum absolute atomic E-state index is 14.2. The molecule has 0 bridgehead atoms. The first-order valence-electron chi connectivity index (χ1n) is 13.3. The van der Waals surface area contributed by atoms with E-state index >= 15 is 0 Å². The Morgan fingerprint density at radius 3 is 2.53 bits per heavy atom. The van der Waals surface area contributed by atoms with Gasteiger partial charge in [-0.15, -0.1) is 0 Å². The molecule has 1 aliphatic carbocycles. The molecule has 3 amide bonds. The molecule has 4 rings (SSSR count). The largest absolute Gasteiger partial charge is 0.416 e. The lowest BCUT2D eigenvalue weighted by Crippen LogP contribution is -2.57. The van der Waals surface area contributed by atoms with Crippen molar-refractivity contribution in [2.75, 3.05) is 17.3 Å². The highest BCUT2D eigenvalue weighted by atomic mass is 127. The normalized spacial score (nSPS) is 22.1. The standard InChI is InChI=1S/C30H31F3IN5O3S/c1-17-13-18(15-39-26(41)24(37-38-39)19-7-5-8-20(14-19)30(31,32)33)11-12-22(17)36-27(42)29(28(2,3)16-43-4)21(25(35)40)9-6-10-23(29)34/h5-14,21,24H,15-16H2,1-4H3,(H2,35,40)(H,36,42). The summed E-state index contributed by atoms with van der Waals surface area (Å²) in [7, 11) is 0. The first kappa shape index (κ1) is 32.7. The Labute approximate surface area is 265 Å². The lowest BCUT2D eigenvalue weighted by molar-refractivity contribution is -0.138. The summed E-state index contributed by atoms with van der Waals surface area (Å²) in [5, 5.41) is 12.0. The topological polar surface area (TPSA) is 117 Å². The van der Waals surface area contributed by atoms with Gasteiger partial charge < -0.3 is 11.1 Å². The molecule has 13 heteroatoms. The molecule has 228 valence electrons. The molecule has 2 aromatic rings. The summed E-state index contributed by atoms with van der Waals surface area (Å²) in [6, 6.07) is 8.52. The Morgan fingerprint density at radius 2 is 1.91 bits per heavy atom. The second kappa shape index (κ2) is 12.4. The van der Waals surface area contributed by atoms with Gasteiger partial charge in [-0.2, -0.15) is 30.0 Å². The minimum atomic E-state index is -4.55. The molecule has 0 fully saturated rings. The van der Waals surface area contributed by atoms with Crippen molar-refractivity contribution >= 4 is 57.8 Å². The number of alkyl halides is 3. The number of anilines is 1. The van der Waals surface area contributed by atoms with Gasteiger partial charge in [0.15, 0.2) is 6.04 Å². The van der Waals surface area contributed by atoms with Gasteiger partial charge in [0.2, 0.25) is 11.8 Å². The molecule has 3 atom stereocenters. The van der Waals surface area contributed by atoms with Crippen molar-refractivity contribution in [3.05, 3.63) is 86.5 Å². The lowest BCUT2D eigenvalue weighted by Gasteiger charge is -2.49. The van der Waals surface area contributed by atoms with Crippen LogP contribution in [0.15, 0.2) is 74.6 Å². The van der Waals surface area contributed by atoms with Crippen LogP contribution in [0.5, 0.6) is 0 Å². The average Bonchev–Trinajstić information content (AvgIpc) is 3.28. The summed E-state index contributed by atoms with van der Waals surface area (Å²) in [6.07, 6.45) is 2.64. The molecule has 43 heavy (non-hydrogen) atoms. The minimum absolute atomic E-state index is 0.0345. The van der Waals surface area contributed by atoms with E-state index < -0.39 is 46.3 Å². The number of nitrogens with zero attached hydrogens (tertiary/aromatic N) is 3. The van der Waals surface area contributed by atoms with E-state index in [-0.39, 0.29) is 18.0 Å². The average molecular weight is 726 g/mol. The van der Waals surface area contributed by atoms with Crippen LogP contribution in [0, 0.1) is 23.7 Å². The van der Waals surface area contributed by atoms with Crippen molar-refractivity contribution in [3.8, 4) is 0 Å². The summed E-state index contributed by atoms with van der Waals surface area (Å²) >= 11 is 3.69. The molecule has 0 saturated heterocycles. The third kappa shape index (κ3) is 6.24.